The molecule has 0 fully saturated rings. The van der Waals surface area contributed by atoms with E-state index in [-0.39, 0.29) is 10.6 Å². The number of carboxylic acids is 1. The number of aromatic hydroxyl groups is 1. The molecule has 0 aliphatic heterocycles. The molecule has 13 heavy (non-hydrogen) atoms. The Bertz CT molecular complexity index is 351. The van der Waals surface area contributed by atoms with Crippen LogP contribution in [0.4, 0.5) is 4.39 Å². The van der Waals surface area contributed by atoms with Crippen LogP contribution in [0.1, 0.15) is 5.56 Å². The number of phenolic OH excluding ortho intramolecular Hbond substituents is 1. The molecule has 0 saturated carbocycles. The van der Waals surface area contributed by atoms with Crippen LogP contribution in [-0.4, -0.2) is 16.2 Å². The minimum atomic E-state index is -1.15. The number of carbonyl (C=O) groups is 1. The average molecular weight is 205 g/mol. The highest BCUT2D eigenvalue weighted by Crippen LogP contribution is 2.26. The molecule has 0 unspecified atom stereocenters. The second-order valence-electron chi connectivity index (χ2n) is 2.47. The first-order chi connectivity index (χ1) is 6.00. The zero-order chi connectivity index (χ0) is 10.0. The highest BCUT2D eigenvalue weighted by atomic mass is 35.5. The molecule has 0 aliphatic rings. The van der Waals surface area contributed by atoms with Crippen molar-refractivity contribution < 1.29 is 19.4 Å². The molecule has 0 saturated heterocycles. The van der Waals surface area contributed by atoms with Crippen LogP contribution >= 0.6 is 11.6 Å². The number of phenols is 1. The number of benzene rings is 1. The fourth-order valence-electron chi connectivity index (χ4n) is 0.876. The van der Waals surface area contributed by atoms with E-state index in [4.69, 9.17) is 21.8 Å². The van der Waals surface area contributed by atoms with Crippen LogP contribution < -0.4 is 0 Å². The number of rotatable bonds is 2. The number of carboxylic acid groups (broad SMARTS) is 1. The zero-order valence-corrected chi connectivity index (χ0v) is 7.18. The van der Waals surface area contributed by atoms with Gasteiger partial charge in [0.2, 0.25) is 0 Å². The highest BCUT2D eigenvalue weighted by Gasteiger charge is 2.10. The molecule has 0 aliphatic carbocycles. The quantitative estimate of drug-likeness (QED) is 0.773. The molecule has 5 heteroatoms. The van der Waals surface area contributed by atoms with Gasteiger partial charge in [-0.25, -0.2) is 4.39 Å². The highest BCUT2D eigenvalue weighted by molar-refractivity contribution is 6.32. The third kappa shape index (κ3) is 2.32. The molecule has 1 aromatic carbocycles. The van der Waals surface area contributed by atoms with E-state index in [1.54, 1.807) is 0 Å². The summed E-state index contributed by atoms with van der Waals surface area (Å²) < 4.78 is 12.9. The van der Waals surface area contributed by atoms with E-state index in [2.05, 4.69) is 0 Å². The predicted molar refractivity (Wildman–Crippen MR) is 44.4 cm³/mol. The van der Waals surface area contributed by atoms with Crippen LogP contribution in [0.5, 0.6) is 5.75 Å². The van der Waals surface area contributed by atoms with Gasteiger partial charge >= 0.3 is 5.97 Å². The van der Waals surface area contributed by atoms with Gasteiger partial charge in [-0.2, -0.15) is 0 Å². The first kappa shape index (κ1) is 9.80. The summed E-state index contributed by atoms with van der Waals surface area (Å²) in [5.41, 5.74) is -0.0460. The van der Waals surface area contributed by atoms with Gasteiger partial charge in [0.25, 0.3) is 0 Å². The summed E-state index contributed by atoms with van der Waals surface area (Å²) in [6.07, 6.45) is -0.453. The van der Waals surface area contributed by atoms with E-state index in [0.717, 1.165) is 12.1 Å². The molecule has 0 amide bonds. The van der Waals surface area contributed by atoms with Gasteiger partial charge in [-0.1, -0.05) is 11.6 Å². The average Bonchev–Trinajstić information content (AvgIpc) is 1.99. The predicted octanol–water partition coefficient (Wildman–Crippen LogP) is 1.81. The Hall–Kier alpha value is -1.29. The minimum absolute atomic E-state index is 0.0460. The van der Waals surface area contributed by atoms with Crippen LogP contribution in [0.3, 0.4) is 0 Å². The third-order valence-corrected chi connectivity index (χ3v) is 1.76. The monoisotopic (exact) mass is 204 g/mol. The van der Waals surface area contributed by atoms with Gasteiger partial charge in [-0.3, -0.25) is 4.79 Å². The number of hydrogen-bond donors (Lipinski definition) is 2. The maximum atomic E-state index is 12.9. The molecule has 0 spiro atoms. The maximum absolute atomic E-state index is 12.9. The smallest absolute Gasteiger partial charge is 0.307 e. The van der Waals surface area contributed by atoms with Gasteiger partial charge in [-0.15, -0.1) is 0 Å². The fraction of sp³-hybridized carbons (Fsp3) is 0.125. The van der Waals surface area contributed by atoms with Gasteiger partial charge in [-0.05, 0) is 6.07 Å². The van der Waals surface area contributed by atoms with Crippen molar-refractivity contribution in [1.29, 1.82) is 0 Å². The van der Waals surface area contributed by atoms with Crippen molar-refractivity contribution in [3.8, 4) is 5.75 Å². The molecule has 0 radical (unpaired) electrons. The van der Waals surface area contributed by atoms with Crippen molar-refractivity contribution in [3.05, 3.63) is 28.5 Å². The molecular formula is C8H6ClFO3. The molecule has 1 rings (SSSR count). The molecule has 0 aromatic heterocycles. The van der Waals surface area contributed by atoms with E-state index >= 15 is 0 Å². The van der Waals surface area contributed by atoms with E-state index in [1.807, 2.05) is 0 Å². The van der Waals surface area contributed by atoms with Crippen LogP contribution in [0.15, 0.2) is 12.1 Å². The lowest BCUT2D eigenvalue weighted by molar-refractivity contribution is -0.136. The first-order valence-corrected chi connectivity index (χ1v) is 3.77. The largest absolute Gasteiger partial charge is 0.506 e. The summed E-state index contributed by atoms with van der Waals surface area (Å²) in [4.78, 5) is 10.2. The molecule has 0 atom stereocenters. The standard InChI is InChI=1S/C8H6ClFO3/c9-5-1-4(2-8(12)13)6(10)3-7(5)11/h1,3,11H,2H2,(H,12,13). The van der Waals surface area contributed by atoms with Crippen LogP contribution in [0.25, 0.3) is 0 Å². The number of aliphatic carboxylic acids is 1. The molecule has 1 aromatic rings. The molecule has 3 nitrogen and oxygen atoms in total. The van der Waals surface area contributed by atoms with E-state index < -0.39 is 24.0 Å². The molecule has 0 bridgehead atoms. The van der Waals surface area contributed by atoms with Crippen molar-refractivity contribution in [2.24, 2.45) is 0 Å². The Labute approximate surface area is 78.4 Å². The number of halogens is 2. The molecular weight excluding hydrogens is 199 g/mol. The van der Waals surface area contributed by atoms with Gasteiger partial charge in [0.05, 0.1) is 11.4 Å². The van der Waals surface area contributed by atoms with Crippen molar-refractivity contribution in [1.82, 2.24) is 0 Å². The Morgan fingerprint density at radius 3 is 2.69 bits per heavy atom. The Morgan fingerprint density at radius 1 is 1.54 bits per heavy atom. The lowest BCUT2D eigenvalue weighted by Crippen LogP contribution is -2.02. The van der Waals surface area contributed by atoms with Crippen LogP contribution in [0, 0.1) is 5.82 Å². The maximum Gasteiger partial charge on any atom is 0.307 e. The minimum Gasteiger partial charge on any atom is -0.506 e. The summed E-state index contributed by atoms with van der Waals surface area (Å²) in [5, 5.41) is 17.3. The van der Waals surface area contributed by atoms with E-state index in [0.29, 0.717) is 0 Å². The SMILES string of the molecule is O=C(O)Cc1cc(Cl)c(O)cc1F. The Morgan fingerprint density at radius 2 is 2.15 bits per heavy atom. The summed E-state index contributed by atoms with van der Waals surface area (Å²) in [5.74, 6) is -2.32. The topological polar surface area (TPSA) is 57.5 Å². The Balaban J connectivity index is 3.08. The molecule has 0 heterocycles. The Kier molecular flexibility index (Phi) is 2.72. The number of hydrogen-bond acceptors (Lipinski definition) is 2. The third-order valence-electron chi connectivity index (χ3n) is 1.46. The van der Waals surface area contributed by atoms with Crippen molar-refractivity contribution in [3.63, 3.8) is 0 Å². The van der Waals surface area contributed by atoms with Gasteiger partial charge in [0, 0.05) is 11.6 Å². The molecule has 70 valence electrons. The second kappa shape index (κ2) is 3.62. The van der Waals surface area contributed by atoms with Crippen molar-refractivity contribution in [2.75, 3.05) is 0 Å². The second-order valence-corrected chi connectivity index (χ2v) is 2.87. The normalized spacial score (nSPS) is 10.0. The van der Waals surface area contributed by atoms with E-state index in [1.165, 1.54) is 0 Å². The summed E-state index contributed by atoms with van der Waals surface area (Å²) in [7, 11) is 0. The van der Waals surface area contributed by atoms with Crippen LogP contribution in [0.2, 0.25) is 5.02 Å². The lowest BCUT2D eigenvalue weighted by Gasteiger charge is -2.02. The summed E-state index contributed by atoms with van der Waals surface area (Å²) in [6, 6.07) is 1.89. The van der Waals surface area contributed by atoms with Gasteiger partial charge in [0.1, 0.15) is 11.6 Å². The first-order valence-electron chi connectivity index (χ1n) is 3.39. The van der Waals surface area contributed by atoms with Gasteiger partial charge in [0.15, 0.2) is 0 Å². The van der Waals surface area contributed by atoms with Crippen molar-refractivity contribution in [2.45, 2.75) is 6.42 Å². The lowest BCUT2D eigenvalue weighted by atomic mass is 10.1. The van der Waals surface area contributed by atoms with Gasteiger partial charge < -0.3 is 10.2 Å². The zero-order valence-electron chi connectivity index (χ0n) is 6.42. The van der Waals surface area contributed by atoms with Crippen molar-refractivity contribution >= 4 is 17.6 Å². The summed E-state index contributed by atoms with van der Waals surface area (Å²) >= 11 is 5.46. The fourth-order valence-corrected chi connectivity index (χ4v) is 1.06. The van der Waals surface area contributed by atoms with Crippen LogP contribution in [-0.2, 0) is 11.2 Å². The molecule has 2 N–H and O–H groups in total. The summed E-state index contributed by atoms with van der Waals surface area (Å²) in [6.45, 7) is 0. The van der Waals surface area contributed by atoms with E-state index in [9.17, 15) is 9.18 Å².